The summed E-state index contributed by atoms with van der Waals surface area (Å²) in [6.45, 7) is 5.50. The van der Waals surface area contributed by atoms with Gasteiger partial charge in [-0.2, -0.15) is 0 Å². The Balaban J connectivity index is 3.66. The Bertz CT molecular complexity index is 271. The van der Waals surface area contributed by atoms with Crippen LogP contribution in [-0.2, 0) is 14.3 Å². The molecule has 0 heterocycles. The van der Waals surface area contributed by atoms with Crippen molar-refractivity contribution < 1.29 is 24.2 Å². The van der Waals surface area contributed by atoms with E-state index in [1.807, 2.05) is 0 Å². The molecule has 0 saturated carbocycles. The summed E-state index contributed by atoms with van der Waals surface area (Å²) in [6, 6.07) is -1.35. The second kappa shape index (κ2) is 10.6. The van der Waals surface area contributed by atoms with Crippen molar-refractivity contribution in [2.75, 3.05) is 33.5 Å². The third-order valence-corrected chi connectivity index (χ3v) is 2.40. The topological polar surface area (TPSA) is 96.9 Å². The molecule has 0 aromatic carbocycles. The Morgan fingerprint density at radius 2 is 1.89 bits per heavy atom. The lowest BCUT2D eigenvalue weighted by atomic mass is 10.1. The SMILES string of the molecule is COCCOCCCNC(=O)N[C@H](C(=O)O)C(C)C. The summed E-state index contributed by atoms with van der Waals surface area (Å²) < 4.78 is 10.0. The molecule has 3 N–H and O–H groups in total. The summed E-state index contributed by atoms with van der Waals surface area (Å²) in [6.07, 6.45) is 0.663. The Morgan fingerprint density at radius 3 is 2.42 bits per heavy atom. The van der Waals surface area contributed by atoms with Gasteiger partial charge in [0.15, 0.2) is 0 Å². The van der Waals surface area contributed by atoms with E-state index in [0.717, 1.165) is 0 Å². The maximum atomic E-state index is 11.5. The van der Waals surface area contributed by atoms with Gasteiger partial charge < -0.3 is 25.2 Å². The van der Waals surface area contributed by atoms with Gasteiger partial charge in [-0.25, -0.2) is 9.59 Å². The molecule has 0 aromatic rings. The molecule has 0 aliphatic heterocycles. The maximum absolute atomic E-state index is 11.5. The number of aliphatic carboxylic acids is 1. The second-order valence-electron chi connectivity index (χ2n) is 4.42. The van der Waals surface area contributed by atoms with Crippen molar-refractivity contribution in [3.8, 4) is 0 Å². The summed E-state index contributed by atoms with van der Waals surface area (Å²) in [7, 11) is 1.60. The lowest BCUT2D eigenvalue weighted by molar-refractivity contribution is -0.140. The number of carboxylic acids is 1. The van der Waals surface area contributed by atoms with E-state index in [1.165, 1.54) is 0 Å². The van der Waals surface area contributed by atoms with E-state index in [1.54, 1.807) is 21.0 Å². The molecule has 0 aromatic heterocycles. The molecule has 7 nitrogen and oxygen atoms in total. The van der Waals surface area contributed by atoms with Crippen molar-refractivity contribution in [2.45, 2.75) is 26.3 Å². The van der Waals surface area contributed by atoms with Gasteiger partial charge in [-0.05, 0) is 12.3 Å². The van der Waals surface area contributed by atoms with Gasteiger partial charge in [0, 0.05) is 20.3 Å². The molecule has 0 spiro atoms. The summed E-state index contributed by atoms with van der Waals surface area (Å²) in [5.74, 6) is -1.20. The van der Waals surface area contributed by atoms with Crippen LogP contribution in [0.1, 0.15) is 20.3 Å². The first-order valence-electron chi connectivity index (χ1n) is 6.33. The number of hydrogen-bond acceptors (Lipinski definition) is 4. The molecule has 0 aliphatic carbocycles. The average Bonchev–Trinajstić information content (AvgIpc) is 2.34. The number of nitrogens with one attached hydrogen (secondary N) is 2. The maximum Gasteiger partial charge on any atom is 0.326 e. The number of carbonyl (C=O) groups excluding carboxylic acids is 1. The highest BCUT2D eigenvalue weighted by Gasteiger charge is 2.22. The zero-order valence-electron chi connectivity index (χ0n) is 11.8. The summed E-state index contributed by atoms with van der Waals surface area (Å²) in [4.78, 5) is 22.3. The van der Waals surface area contributed by atoms with E-state index in [2.05, 4.69) is 10.6 Å². The van der Waals surface area contributed by atoms with E-state index in [0.29, 0.717) is 32.8 Å². The fourth-order valence-electron chi connectivity index (χ4n) is 1.33. The van der Waals surface area contributed by atoms with E-state index in [4.69, 9.17) is 14.6 Å². The first-order chi connectivity index (χ1) is 8.99. The van der Waals surface area contributed by atoms with E-state index in [-0.39, 0.29) is 5.92 Å². The van der Waals surface area contributed by atoms with Crippen LogP contribution in [0.5, 0.6) is 0 Å². The molecule has 0 fully saturated rings. The van der Waals surface area contributed by atoms with E-state index >= 15 is 0 Å². The van der Waals surface area contributed by atoms with E-state index < -0.39 is 18.0 Å². The molecular formula is C12H24N2O5. The van der Waals surface area contributed by atoms with Gasteiger partial charge in [0.1, 0.15) is 6.04 Å². The van der Waals surface area contributed by atoms with Crippen LogP contribution >= 0.6 is 0 Å². The third kappa shape index (κ3) is 9.26. The number of urea groups is 1. The van der Waals surface area contributed by atoms with Crippen molar-refractivity contribution >= 4 is 12.0 Å². The van der Waals surface area contributed by atoms with Crippen molar-refractivity contribution in [3.63, 3.8) is 0 Å². The van der Waals surface area contributed by atoms with Crippen molar-refractivity contribution in [1.82, 2.24) is 10.6 Å². The second-order valence-corrected chi connectivity index (χ2v) is 4.42. The first-order valence-corrected chi connectivity index (χ1v) is 6.33. The standard InChI is InChI=1S/C12H24N2O5/c1-9(2)10(11(15)16)14-12(17)13-5-4-6-19-8-7-18-3/h9-10H,4-8H2,1-3H3,(H,15,16)(H2,13,14,17)/t10-/m0/s1. The molecular weight excluding hydrogens is 252 g/mol. The monoisotopic (exact) mass is 276 g/mol. The molecule has 7 heteroatoms. The van der Waals surface area contributed by atoms with Gasteiger partial charge in [-0.3, -0.25) is 0 Å². The molecule has 2 amide bonds. The number of carboxylic acid groups (broad SMARTS) is 1. The Kier molecular flexibility index (Phi) is 9.82. The van der Waals surface area contributed by atoms with Crippen LogP contribution in [0.25, 0.3) is 0 Å². The minimum absolute atomic E-state index is 0.166. The number of methoxy groups -OCH3 is 1. The van der Waals surface area contributed by atoms with Gasteiger partial charge in [0.05, 0.1) is 13.2 Å². The van der Waals surface area contributed by atoms with Crippen LogP contribution in [0.3, 0.4) is 0 Å². The molecule has 0 saturated heterocycles. The van der Waals surface area contributed by atoms with Crippen LogP contribution < -0.4 is 10.6 Å². The zero-order valence-corrected chi connectivity index (χ0v) is 11.8. The van der Waals surface area contributed by atoms with Gasteiger partial charge in [-0.1, -0.05) is 13.8 Å². The number of ether oxygens (including phenoxy) is 2. The average molecular weight is 276 g/mol. The molecule has 0 bridgehead atoms. The molecule has 0 unspecified atom stereocenters. The van der Waals surface area contributed by atoms with Gasteiger partial charge in [-0.15, -0.1) is 0 Å². The molecule has 112 valence electrons. The Morgan fingerprint density at radius 1 is 1.21 bits per heavy atom. The number of hydrogen-bond donors (Lipinski definition) is 3. The molecule has 19 heavy (non-hydrogen) atoms. The highest BCUT2D eigenvalue weighted by atomic mass is 16.5. The minimum atomic E-state index is -1.03. The van der Waals surface area contributed by atoms with Crippen LogP contribution in [0.4, 0.5) is 4.79 Å². The quantitative estimate of drug-likeness (QED) is 0.503. The van der Waals surface area contributed by atoms with Gasteiger partial charge >= 0.3 is 12.0 Å². The smallest absolute Gasteiger partial charge is 0.326 e. The first kappa shape index (κ1) is 17.7. The number of rotatable bonds is 10. The van der Waals surface area contributed by atoms with Crippen LogP contribution in [0.15, 0.2) is 0 Å². The molecule has 0 radical (unpaired) electrons. The molecule has 1 atom stereocenters. The number of amides is 2. The van der Waals surface area contributed by atoms with Crippen LogP contribution in [0.2, 0.25) is 0 Å². The van der Waals surface area contributed by atoms with Crippen molar-refractivity contribution in [3.05, 3.63) is 0 Å². The third-order valence-electron chi connectivity index (χ3n) is 2.40. The molecule has 0 aliphatic rings. The minimum Gasteiger partial charge on any atom is -0.480 e. The summed E-state index contributed by atoms with van der Waals surface area (Å²) in [5, 5.41) is 13.9. The zero-order chi connectivity index (χ0) is 14.7. The Hall–Kier alpha value is -1.34. The summed E-state index contributed by atoms with van der Waals surface area (Å²) >= 11 is 0. The van der Waals surface area contributed by atoms with Crippen LogP contribution in [0, 0.1) is 5.92 Å². The summed E-state index contributed by atoms with van der Waals surface area (Å²) in [5.41, 5.74) is 0. The normalized spacial score (nSPS) is 12.2. The van der Waals surface area contributed by atoms with Gasteiger partial charge in [0.25, 0.3) is 0 Å². The lowest BCUT2D eigenvalue weighted by Gasteiger charge is -2.18. The van der Waals surface area contributed by atoms with E-state index in [9.17, 15) is 9.59 Å². The van der Waals surface area contributed by atoms with Crippen LogP contribution in [-0.4, -0.2) is 56.6 Å². The predicted octanol–water partition coefficient (Wildman–Crippen LogP) is 0.448. The fraction of sp³-hybridized carbons (Fsp3) is 0.833. The highest BCUT2D eigenvalue weighted by Crippen LogP contribution is 2.01. The fourth-order valence-corrected chi connectivity index (χ4v) is 1.33. The lowest BCUT2D eigenvalue weighted by Crippen LogP contribution is -2.48. The Labute approximate surface area is 113 Å². The highest BCUT2D eigenvalue weighted by molar-refractivity contribution is 5.82. The van der Waals surface area contributed by atoms with Crippen molar-refractivity contribution in [2.24, 2.45) is 5.92 Å². The largest absolute Gasteiger partial charge is 0.480 e. The van der Waals surface area contributed by atoms with Gasteiger partial charge in [0.2, 0.25) is 0 Å². The number of carbonyl (C=O) groups is 2. The predicted molar refractivity (Wildman–Crippen MR) is 70.1 cm³/mol. The molecule has 0 rings (SSSR count). The van der Waals surface area contributed by atoms with Crippen molar-refractivity contribution in [1.29, 1.82) is 0 Å².